The predicted molar refractivity (Wildman–Crippen MR) is 81.3 cm³/mol. The normalized spacial score (nSPS) is 10.3. The molecule has 1 aromatic carbocycles. The van der Waals surface area contributed by atoms with E-state index in [0.29, 0.717) is 18.5 Å². The van der Waals surface area contributed by atoms with Crippen molar-refractivity contribution >= 4 is 11.9 Å². The Balaban J connectivity index is 1.79. The Labute approximate surface area is 133 Å². The highest BCUT2D eigenvalue weighted by atomic mass is 19.1. The Morgan fingerprint density at radius 1 is 1.35 bits per heavy atom. The highest BCUT2D eigenvalue weighted by Gasteiger charge is 2.11. The Morgan fingerprint density at radius 2 is 2.13 bits per heavy atom. The molecule has 2 rings (SSSR count). The number of rotatable bonds is 7. The molecule has 7 heteroatoms. The summed E-state index contributed by atoms with van der Waals surface area (Å²) in [5, 5.41) is 2.70. The third-order valence-electron chi connectivity index (χ3n) is 3.12. The quantitative estimate of drug-likeness (QED) is 0.786. The molecule has 2 aromatic rings. The number of halogens is 1. The summed E-state index contributed by atoms with van der Waals surface area (Å²) in [5.74, 6) is -1.05. The zero-order valence-corrected chi connectivity index (χ0v) is 12.8. The molecule has 0 fully saturated rings. The maximum atomic E-state index is 13.4. The second-order valence-corrected chi connectivity index (χ2v) is 4.84. The van der Waals surface area contributed by atoms with Gasteiger partial charge in [-0.25, -0.2) is 14.2 Å². The number of hydrogen-bond donors (Lipinski definition) is 1. The first-order valence-corrected chi connectivity index (χ1v) is 7.29. The monoisotopic (exact) mass is 319 g/mol. The lowest BCUT2D eigenvalue weighted by atomic mass is 10.1. The summed E-state index contributed by atoms with van der Waals surface area (Å²) in [6.45, 7) is 2.34. The summed E-state index contributed by atoms with van der Waals surface area (Å²) in [5.41, 5.74) is 0.714. The molecule has 0 atom stereocenters. The topological polar surface area (TPSA) is 73.2 Å². The van der Waals surface area contributed by atoms with Gasteiger partial charge in [0.1, 0.15) is 12.4 Å². The van der Waals surface area contributed by atoms with Crippen LogP contribution in [0.3, 0.4) is 0 Å². The molecule has 1 heterocycles. The van der Waals surface area contributed by atoms with Gasteiger partial charge in [-0.15, -0.1) is 0 Å². The van der Waals surface area contributed by atoms with E-state index in [1.807, 2.05) is 0 Å². The second-order valence-electron chi connectivity index (χ2n) is 4.84. The number of esters is 1. The van der Waals surface area contributed by atoms with Crippen LogP contribution in [-0.2, 0) is 22.5 Å². The van der Waals surface area contributed by atoms with Gasteiger partial charge in [0.25, 0.3) is 0 Å². The Bertz CT molecular complexity index is 685. The van der Waals surface area contributed by atoms with Crippen LogP contribution in [0.2, 0.25) is 0 Å². The third kappa shape index (κ3) is 4.91. The molecular weight excluding hydrogens is 301 g/mol. The molecule has 1 N–H and O–H groups in total. The van der Waals surface area contributed by atoms with Gasteiger partial charge < -0.3 is 14.6 Å². The predicted octanol–water partition coefficient (Wildman–Crippen LogP) is 1.56. The summed E-state index contributed by atoms with van der Waals surface area (Å²) < 4.78 is 19.7. The van der Waals surface area contributed by atoms with Crippen molar-refractivity contribution in [1.82, 2.24) is 14.9 Å². The van der Waals surface area contributed by atoms with Gasteiger partial charge in [-0.3, -0.25) is 4.79 Å². The average molecular weight is 319 g/mol. The van der Waals surface area contributed by atoms with Gasteiger partial charge in [0.05, 0.1) is 12.9 Å². The van der Waals surface area contributed by atoms with E-state index in [0.717, 1.165) is 0 Å². The van der Waals surface area contributed by atoms with E-state index < -0.39 is 5.97 Å². The van der Waals surface area contributed by atoms with Gasteiger partial charge in [0, 0.05) is 12.7 Å². The van der Waals surface area contributed by atoms with Crippen molar-refractivity contribution in [1.29, 1.82) is 0 Å². The first-order valence-electron chi connectivity index (χ1n) is 7.29. The lowest BCUT2D eigenvalue weighted by Crippen LogP contribution is -2.29. The molecule has 0 aliphatic heterocycles. The van der Waals surface area contributed by atoms with Crippen LogP contribution in [0, 0.1) is 5.82 Å². The van der Waals surface area contributed by atoms with Gasteiger partial charge in [-0.05, 0) is 25.0 Å². The number of benzene rings is 1. The van der Waals surface area contributed by atoms with Crippen LogP contribution >= 0.6 is 0 Å². The minimum Gasteiger partial charge on any atom is -0.461 e. The fourth-order valence-electron chi connectivity index (χ4n) is 2.02. The molecule has 1 aromatic heterocycles. The van der Waals surface area contributed by atoms with Crippen molar-refractivity contribution < 1.29 is 18.7 Å². The lowest BCUT2D eigenvalue weighted by Gasteiger charge is -2.06. The smallest absolute Gasteiger partial charge is 0.358 e. The highest BCUT2D eigenvalue weighted by Crippen LogP contribution is 2.06. The molecule has 0 aliphatic rings. The van der Waals surface area contributed by atoms with E-state index >= 15 is 0 Å². The molecule has 122 valence electrons. The maximum absolute atomic E-state index is 13.4. The molecule has 0 aliphatic carbocycles. The Kier molecular flexibility index (Phi) is 5.85. The van der Waals surface area contributed by atoms with Crippen molar-refractivity contribution in [3.05, 3.63) is 53.9 Å². The zero-order chi connectivity index (χ0) is 16.7. The van der Waals surface area contributed by atoms with Gasteiger partial charge in [0.2, 0.25) is 5.91 Å². The minimum atomic E-state index is -0.522. The largest absolute Gasteiger partial charge is 0.461 e. The van der Waals surface area contributed by atoms with Crippen LogP contribution in [-0.4, -0.2) is 34.6 Å². The van der Waals surface area contributed by atoms with Crippen molar-refractivity contribution in [3.63, 3.8) is 0 Å². The van der Waals surface area contributed by atoms with Crippen LogP contribution in [0.25, 0.3) is 0 Å². The third-order valence-corrected chi connectivity index (χ3v) is 3.12. The minimum absolute atomic E-state index is 0.0314. The number of hydrogen-bond acceptors (Lipinski definition) is 4. The van der Waals surface area contributed by atoms with Crippen LogP contribution in [0.15, 0.2) is 36.8 Å². The second kappa shape index (κ2) is 8.07. The molecule has 23 heavy (non-hydrogen) atoms. The Hall–Kier alpha value is -2.70. The van der Waals surface area contributed by atoms with Gasteiger partial charge in [-0.2, -0.15) is 0 Å². The SMILES string of the molecule is CCOC(=O)c1cn(CC(=O)NCCc2ccccc2F)cn1. The number of imidazole rings is 1. The Morgan fingerprint density at radius 3 is 2.87 bits per heavy atom. The van der Waals surface area contributed by atoms with Gasteiger partial charge in [-0.1, -0.05) is 18.2 Å². The molecule has 0 saturated carbocycles. The first-order chi connectivity index (χ1) is 11.1. The molecule has 0 radical (unpaired) electrons. The molecule has 0 spiro atoms. The standard InChI is InChI=1S/C16H18FN3O3/c1-2-23-16(22)14-9-20(11-19-14)10-15(21)18-8-7-12-5-3-4-6-13(12)17/h3-6,9,11H,2,7-8,10H2,1H3,(H,18,21). The molecule has 1 amide bonds. The maximum Gasteiger partial charge on any atom is 0.358 e. The number of nitrogens with one attached hydrogen (secondary N) is 1. The van der Waals surface area contributed by atoms with Crippen molar-refractivity contribution in [2.24, 2.45) is 0 Å². The first kappa shape index (κ1) is 16.7. The summed E-state index contributed by atoms with van der Waals surface area (Å²) in [6, 6.07) is 6.45. The van der Waals surface area contributed by atoms with E-state index in [4.69, 9.17) is 4.74 Å². The van der Waals surface area contributed by atoms with E-state index in [-0.39, 0.29) is 30.6 Å². The van der Waals surface area contributed by atoms with Gasteiger partial charge >= 0.3 is 5.97 Å². The lowest BCUT2D eigenvalue weighted by molar-refractivity contribution is -0.121. The van der Waals surface area contributed by atoms with E-state index in [1.54, 1.807) is 25.1 Å². The van der Waals surface area contributed by atoms with Crippen LogP contribution in [0.1, 0.15) is 23.0 Å². The average Bonchev–Trinajstić information content (AvgIpc) is 2.98. The molecule has 6 nitrogen and oxygen atoms in total. The van der Waals surface area contributed by atoms with Crippen LogP contribution in [0.5, 0.6) is 0 Å². The summed E-state index contributed by atoms with van der Waals surface area (Å²) >= 11 is 0. The zero-order valence-electron chi connectivity index (χ0n) is 12.8. The number of ether oxygens (including phenoxy) is 1. The van der Waals surface area contributed by atoms with E-state index in [1.165, 1.54) is 23.2 Å². The summed E-state index contributed by atoms with van der Waals surface area (Å²) in [6.07, 6.45) is 3.26. The number of nitrogens with zero attached hydrogens (tertiary/aromatic N) is 2. The van der Waals surface area contributed by atoms with Crippen molar-refractivity contribution in [2.45, 2.75) is 19.9 Å². The molecule has 0 unspecified atom stereocenters. The number of amides is 1. The van der Waals surface area contributed by atoms with E-state index in [2.05, 4.69) is 10.3 Å². The summed E-state index contributed by atoms with van der Waals surface area (Å²) in [4.78, 5) is 27.2. The van der Waals surface area contributed by atoms with E-state index in [9.17, 15) is 14.0 Å². The van der Waals surface area contributed by atoms with Crippen LogP contribution < -0.4 is 5.32 Å². The van der Waals surface area contributed by atoms with Gasteiger partial charge in [0.15, 0.2) is 5.69 Å². The van der Waals surface area contributed by atoms with Crippen molar-refractivity contribution in [3.8, 4) is 0 Å². The molecule has 0 saturated heterocycles. The number of carbonyl (C=O) groups excluding carboxylic acids is 2. The highest BCUT2D eigenvalue weighted by molar-refractivity contribution is 5.87. The fraction of sp³-hybridized carbons (Fsp3) is 0.312. The number of carbonyl (C=O) groups is 2. The molecular formula is C16H18FN3O3. The summed E-state index contributed by atoms with van der Waals surface area (Å²) in [7, 11) is 0. The fourth-order valence-corrected chi connectivity index (χ4v) is 2.02. The molecule has 0 bridgehead atoms. The van der Waals surface area contributed by atoms with Crippen molar-refractivity contribution in [2.75, 3.05) is 13.2 Å². The number of aromatic nitrogens is 2. The van der Waals surface area contributed by atoms with Crippen LogP contribution in [0.4, 0.5) is 4.39 Å².